The van der Waals surface area contributed by atoms with Crippen molar-refractivity contribution < 1.29 is 9.47 Å². The first-order chi connectivity index (χ1) is 9.22. The normalized spacial score (nSPS) is 27.1. The second-order valence-electron chi connectivity index (χ2n) is 5.55. The van der Waals surface area contributed by atoms with E-state index >= 15 is 0 Å². The van der Waals surface area contributed by atoms with Gasteiger partial charge in [0.15, 0.2) is 11.5 Å². The molecule has 1 aromatic rings. The summed E-state index contributed by atoms with van der Waals surface area (Å²) >= 11 is 0. The predicted octanol–water partition coefficient (Wildman–Crippen LogP) is 2.35. The Hall–Kier alpha value is -1.42. The van der Waals surface area contributed by atoms with Gasteiger partial charge in [0.25, 0.3) is 0 Å². The van der Waals surface area contributed by atoms with Crippen molar-refractivity contribution in [2.75, 3.05) is 32.1 Å². The first-order valence-electron chi connectivity index (χ1n) is 7.09. The molecule has 0 spiro atoms. The van der Waals surface area contributed by atoms with Crippen molar-refractivity contribution in [2.24, 2.45) is 0 Å². The number of fused-ring (bicyclic) bond motifs is 1. The number of nitrogens with zero attached hydrogens (tertiary/aromatic N) is 1. The van der Waals surface area contributed by atoms with E-state index in [1.54, 1.807) is 0 Å². The van der Waals surface area contributed by atoms with Gasteiger partial charge in [-0.1, -0.05) is 0 Å². The molecule has 1 saturated heterocycles. The van der Waals surface area contributed by atoms with E-state index in [2.05, 4.69) is 36.3 Å². The van der Waals surface area contributed by atoms with Gasteiger partial charge >= 0.3 is 0 Å². The maximum Gasteiger partial charge on any atom is 0.163 e. The summed E-state index contributed by atoms with van der Waals surface area (Å²) in [6.45, 7) is 4.73. The number of benzene rings is 1. The monoisotopic (exact) mass is 262 g/mol. The molecule has 2 unspecified atom stereocenters. The van der Waals surface area contributed by atoms with Crippen molar-refractivity contribution in [2.45, 2.75) is 31.8 Å². The number of likely N-dealkylation sites (tertiary alicyclic amines) is 1. The first-order valence-corrected chi connectivity index (χ1v) is 7.09. The molecule has 4 heteroatoms. The van der Waals surface area contributed by atoms with Crippen molar-refractivity contribution in [3.8, 4) is 11.5 Å². The molecule has 2 aliphatic heterocycles. The van der Waals surface area contributed by atoms with Gasteiger partial charge in [0.2, 0.25) is 0 Å². The summed E-state index contributed by atoms with van der Waals surface area (Å²) in [7, 11) is 2.20. The minimum Gasteiger partial charge on any atom is -0.486 e. The lowest BCUT2D eigenvalue weighted by Crippen LogP contribution is -2.42. The smallest absolute Gasteiger partial charge is 0.163 e. The number of anilines is 1. The molecule has 2 atom stereocenters. The number of piperidine rings is 1. The molecule has 0 bridgehead atoms. The van der Waals surface area contributed by atoms with Crippen LogP contribution in [-0.2, 0) is 0 Å². The van der Waals surface area contributed by atoms with Gasteiger partial charge in [-0.2, -0.15) is 0 Å². The van der Waals surface area contributed by atoms with Crippen LogP contribution in [0.1, 0.15) is 19.8 Å². The molecule has 0 aliphatic carbocycles. The molecule has 0 radical (unpaired) electrons. The summed E-state index contributed by atoms with van der Waals surface area (Å²) in [4.78, 5) is 2.42. The molecular formula is C15H22N2O2. The van der Waals surface area contributed by atoms with Crippen molar-refractivity contribution in [1.82, 2.24) is 4.90 Å². The number of hydrogen-bond acceptors (Lipinski definition) is 4. The van der Waals surface area contributed by atoms with Gasteiger partial charge in [-0.15, -0.1) is 0 Å². The fourth-order valence-electron chi connectivity index (χ4n) is 2.79. The Morgan fingerprint density at radius 3 is 2.79 bits per heavy atom. The summed E-state index contributed by atoms with van der Waals surface area (Å²) in [6.07, 6.45) is 2.38. The molecule has 0 saturated carbocycles. The van der Waals surface area contributed by atoms with Crippen LogP contribution in [0, 0.1) is 0 Å². The van der Waals surface area contributed by atoms with Crippen LogP contribution in [0.5, 0.6) is 11.5 Å². The summed E-state index contributed by atoms with van der Waals surface area (Å²) in [5, 5.41) is 3.62. The summed E-state index contributed by atoms with van der Waals surface area (Å²) in [5.41, 5.74) is 1.13. The van der Waals surface area contributed by atoms with Gasteiger partial charge in [0, 0.05) is 30.4 Å². The lowest BCUT2D eigenvalue weighted by atomic mass is 9.98. The molecule has 1 N–H and O–H groups in total. The minimum absolute atomic E-state index is 0.550. The fraction of sp³-hybridized carbons (Fsp3) is 0.600. The van der Waals surface area contributed by atoms with Crippen LogP contribution in [0.2, 0.25) is 0 Å². The average Bonchev–Trinajstić information content (AvgIpc) is 2.43. The SMILES string of the molecule is CC1CC(Nc2ccc3c(c2)OCCO3)CCN1C. The first kappa shape index (κ1) is 12.6. The van der Waals surface area contributed by atoms with Crippen molar-refractivity contribution >= 4 is 5.69 Å². The molecule has 104 valence electrons. The average molecular weight is 262 g/mol. The Balaban J connectivity index is 1.66. The van der Waals surface area contributed by atoms with Crippen LogP contribution in [0.4, 0.5) is 5.69 Å². The Kier molecular flexibility index (Phi) is 3.51. The molecule has 2 heterocycles. The third-order valence-electron chi connectivity index (χ3n) is 4.12. The van der Waals surface area contributed by atoms with Crippen LogP contribution < -0.4 is 14.8 Å². The lowest BCUT2D eigenvalue weighted by molar-refractivity contribution is 0.171. The van der Waals surface area contributed by atoms with Crippen LogP contribution in [0.25, 0.3) is 0 Å². The van der Waals surface area contributed by atoms with E-state index in [1.165, 1.54) is 12.8 Å². The van der Waals surface area contributed by atoms with Crippen molar-refractivity contribution in [3.63, 3.8) is 0 Å². The Labute approximate surface area is 114 Å². The molecular weight excluding hydrogens is 240 g/mol. The van der Waals surface area contributed by atoms with Gasteiger partial charge in [-0.05, 0) is 38.9 Å². The van der Waals surface area contributed by atoms with Gasteiger partial charge in [-0.25, -0.2) is 0 Å². The zero-order valence-electron chi connectivity index (χ0n) is 11.7. The third-order valence-corrected chi connectivity index (χ3v) is 4.12. The predicted molar refractivity (Wildman–Crippen MR) is 76.2 cm³/mol. The second-order valence-corrected chi connectivity index (χ2v) is 5.55. The molecule has 19 heavy (non-hydrogen) atoms. The number of nitrogens with one attached hydrogen (secondary N) is 1. The van der Waals surface area contributed by atoms with E-state index in [1.807, 2.05) is 6.07 Å². The Morgan fingerprint density at radius 2 is 2.00 bits per heavy atom. The summed E-state index contributed by atoms with van der Waals surface area (Å²) < 4.78 is 11.2. The highest BCUT2D eigenvalue weighted by Gasteiger charge is 2.23. The molecule has 0 amide bonds. The molecule has 0 aromatic heterocycles. The van der Waals surface area contributed by atoms with Gasteiger partial charge in [-0.3, -0.25) is 0 Å². The lowest BCUT2D eigenvalue weighted by Gasteiger charge is -2.35. The third kappa shape index (κ3) is 2.78. The zero-order valence-corrected chi connectivity index (χ0v) is 11.7. The number of hydrogen-bond donors (Lipinski definition) is 1. The molecule has 4 nitrogen and oxygen atoms in total. The van der Waals surface area contributed by atoms with E-state index in [0.717, 1.165) is 23.7 Å². The van der Waals surface area contributed by atoms with E-state index in [-0.39, 0.29) is 0 Å². The van der Waals surface area contributed by atoms with Gasteiger partial charge < -0.3 is 19.7 Å². The van der Waals surface area contributed by atoms with E-state index in [9.17, 15) is 0 Å². The van der Waals surface area contributed by atoms with E-state index in [0.29, 0.717) is 25.3 Å². The summed E-state index contributed by atoms with van der Waals surface area (Å²) in [5.74, 6) is 1.71. The second kappa shape index (κ2) is 5.29. The van der Waals surface area contributed by atoms with Gasteiger partial charge in [0.05, 0.1) is 0 Å². The van der Waals surface area contributed by atoms with Crippen molar-refractivity contribution in [3.05, 3.63) is 18.2 Å². The fourth-order valence-corrected chi connectivity index (χ4v) is 2.79. The van der Waals surface area contributed by atoms with Crippen LogP contribution in [0.15, 0.2) is 18.2 Å². The topological polar surface area (TPSA) is 33.7 Å². The number of rotatable bonds is 2. The number of ether oxygens (including phenoxy) is 2. The van der Waals surface area contributed by atoms with E-state index in [4.69, 9.17) is 9.47 Å². The highest BCUT2D eigenvalue weighted by molar-refractivity contribution is 5.55. The van der Waals surface area contributed by atoms with Crippen molar-refractivity contribution in [1.29, 1.82) is 0 Å². The van der Waals surface area contributed by atoms with Crippen LogP contribution in [0.3, 0.4) is 0 Å². The maximum absolute atomic E-state index is 5.62. The highest BCUT2D eigenvalue weighted by Crippen LogP contribution is 2.33. The molecule has 1 fully saturated rings. The summed E-state index contributed by atoms with van der Waals surface area (Å²) in [6, 6.07) is 7.32. The molecule has 1 aromatic carbocycles. The van der Waals surface area contributed by atoms with Gasteiger partial charge in [0.1, 0.15) is 13.2 Å². The van der Waals surface area contributed by atoms with Crippen LogP contribution >= 0.6 is 0 Å². The largest absolute Gasteiger partial charge is 0.486 e. The minimum atomic E-state index is 0.550. The quantitative estimate of drug-likeness (QED) is 0.887. The Morgan fingerprint density at radius 1 is 1.21 bits per heavy atom. The maximum atomic E-state index is 5.62. The molecule has 3 rings (SSSR count). The Bertz CT molecular complexity index is 450. The van der Waals surface area contributed by atoms with Crippen LogP contribution in [-0.4, -0.2) is 43.8 Å². The highest BCUT2D eigenvalue weighted by atomic mass is 16.6. The van der Waals surface area contributed by atoms with E-state index < -0.39 is 0 Å². The standard InChI is InChI=1S/C15H22N2O2/c1-11-9-13(5-6-17(11)2)16-12-3-4-14-15(10-12)19-8-7-18-14/h3-4,10-11,13,16H,5-9H2,1-2H3. The zero-order chi connectivity index (χ0) is 13.2. The molecule has 2 aliphatic rings.